The van der Waals surface area contributed by atoms with Crippen LogP contribution in [0, 0.1) is 29.1 Å². The average Bonchev–Trinajstić information content (AvgIpc) is 3.63. The first-order valence-electron chi connectivity index (χ1n) is 17.5. The number of rotatable bonds is 3. The van der Waals surface area contributed by atoms with Crippen LogP contribution in [0.25, 0.3) is 44.3 Å². The largest absolute Gasteiger partial charge is 0.454 e. The van der Waals surface area contributed by atoms with E-state index in [1.54, 1.807) is 0 Å². The molecule has 3 heteroatoms. The molecule has 46 heavy (non-hydrogen) atoms. The van der Waals surface area contributed by atoms with E-state index in [1.165, 1.54) is 16.7 Å². The summed E-state index contributed by atoms with van der Waals surface area (Å²) in [6.07, 6.45) is 6.04. The summed E-state index contributed by atoms with van der Waals surface area (Å²) in [5.41, 5.74) is 10.5. The van der Waals surface area contributed by atoms with Crippen LogP contribution in [0.4, 0.5) is 0 Å². The van der Waals surface area contributed by atoms with Crippen LogP contribution < -0.4 is 4.57 Å². The maximum absolute atomic E-state index is 10.7. The van der Waals surface area contributed by atoms with E-state index in [0.29, 0.717) is 5.56 Å². The molecule has 0 aliphatic heterocycles. The minimum absolute atomic E-state index is 0.0834. The summed E-state index contributed by atoms with van der Waals surface area (Å²) >= 11 is 0. The number of aromatic nitrogens is 1. The van der Waals surface area contributed by atoms with E-state index in [4.69, 9.17) is 4.42 Å². The molecule has 0 N–H and O–H groups in total. The van der Waals surface area contributed by atoms with E-state index in [-0.39, 0.29) is 21.7 Å². The van der Waals surface area contributed by atoms with Crippen molar-refractivity contribution in [2.75, 3.05) is 0 Å². The minimum Gasteiger partial charge on any atom is -0.454 e. The molecule has 2 aliphatic carbocycles. The van der Waals surface area contributed by atoms with E-state index in [1.807, 2.05) is 12.1 Å². The Kier molecular flexibility index (Phi) is 6.44. The van der Waals surface area contributed by atoms with Crippen molar-refractivity contribution in [2.45, 2.75) is 105 Å². The van der Waals surface area contributed by atoms with Crippen LogP contribution >= 0.6 is 0 Å². The van der Waals surface area contributed by atoms with Crippen molar-refractivity contribution in [1.82, 2.24) is 0 Å². The van der Waals surface area contributed by atoms with Gasteiger partial charge < -0.3 is 4.42 Å². The molecule has 7 rings (SSSR count). The van der Waals surface area contributed by atoms with Crippen LogP contribution in [-0.2, 0) is 17.9 Å². The highest BCUT2D eigenvalue weighted by Gasteiger charge is 2.62. The van der Waals surface area contributed by atoms with Gasteiger partial charge in [0.2, 0.25) is 5.69 Å². The second-order valence-electron chi connectivity index (χ2n) is 16.1. The monoisotopic (exact) mass is 610 g/mol. The number of nitrogens with zero attached hydrogens (tertiary/aromatic N) is 2. The van der Waals surface area contributed by atoms with E-state index in [0.717, 1.165) is 75.6 Å². The lowest BCUT2D eigenvalue weighted by atomic mass is 9.39. The fraction of sp³-hybridized carbons (Fsp3) is 0.442. The highest BCUT2D eigenvalue weighted by molar-refractivity contribution is 6.14. The van der Waals surface area contributed by atoms with Crippen molar-refractivity contribution in [3.05, 3.63) is 88.6 Å². The van der Waals surface area contributed by atoms with E-state index >= 15 is 0 Å². The maximum atomic E-state index is 10.7. The lowest BCUT2D eigenvalue weighted by Crippen LogP contribution is -2.60. The number of aryl methyl sites for hydroxylation is 2. The summed E-state index contributed by atoms with van der Waals surface area (Å²) in [6.45, 7) is 21.4. The zero-order chi connectivity index (χ0) is 33.9. The fourth-order valence-corrected chi connectivity index (χ4v) is 9.13. The first kappa shape index (κ1) is 29.5. The van der Waals surface area contributed by atoms with Crippen molar-refractivity contribution < 1.29 is 10.4 Å². The van der Waals surface area contributed by atoms with Crippen LogP contribution in [0.5, 0.6) is 0 Å². The summed E-state index contributed by atoms with van der Waals surface area (Å²) in [5.74, 6) is -0.603. The molecule has 1 saturated carbocycles. The van der Waals surface area contributed by atoms with Crippen molar-refractivity contribution in [2.24, 2.45) is 17.9 Å². The molecule has 2 heterocycles. The summed E-state index contributed by atoms with van der Waals surface area (Å²) in [4.78, 5) is 0. The Labute approximate surface area is 276 Å². The van der Waals surface area contributed by atoms with Crippen LogP contribution in [-0.4, -0.2) is 0 Å². The number of pyridine rings is 1. The zero-order valence-corrected chi connectivity index (χ0v) is 29.4. The lowest BCUT2D eigenvalue weighted by molar-refractivity contribution is -0.660. The number of hydrogen-bond donors (Lipinski definition) is 0. The third-order valence-corrected chi connectivity index (χ3v) is 13.4. The Morgan fingerprint density at radius 2 is 1.39 bits per heavy atom. The summed E-state index contributed by atoms with van der Waals surface area (Å²) in [6, 6.07) is 21.7. The molecule has 2 aromatic heterocycles. The summed E-state index contributed by atoms with van der Waals surface area (Å²) in [7, 11) is 2.07. The molecular formula is C43H49N2O+. The smallest absolute Gasteiger partial charge is 0.216 e. The molecule has 0 saturated heterocycles. The first-order valence-corrected chi connectivity index (χ1v) is 17.0. The first-order chi connectivity index (χ1) is 22.0. The van der Waals surface area contributed by atoms with Gasteiger partial charge in [-0.3, -0.25) is 0 Å². The molecule has 2 aliphatic rings. The highest BCUT2D eigenvalue weighted by atomic mass is 16.3. The summed E-state index contributed by atoms with van der Waals surface area (Å²) < 4.78 is 19.0. The van der Waals surface area contributed by atoms with Crippen LogP contribution in [0.2, 0.25) is 0 Å². The topological polar surface area (TPSA) is 40.8 Å². The molecular weight excluding hydrogens is 560 g/mol. The van der Waals surface area contributed by atoms with Crippen molar-refractivity contribution >= 4 is 21.9 Å². The van der Waals surface area contributed by atoms with Gasteiger partial charge in [0.1, 0.15) is 18.2 Å². The Morgan fingerprint density at radius 3 is 2.02 bits per heavy atom. The molecule has 0 unspecified atom stereocenters. The quantitative estimate of drug-likeness (QED) is 0.191. The van der Waals surface area contributed by atoms with Gasteiger partial charge in [-0.2, -0.15) is 5.26 Å². The molecule has 3 aromatic carbocycles. The molecule has 0 amide bonds. The normalized spacial score (nSPS) is 20.8. The number of hydrogen-bond acceptors (Lipinski definition) is 2. The summed E-state index contributed by atoms with van der Waals surface area (Å²) in [5, 5.41) is 12.8. The van der Waals surface area contributed by atoms with Crippen LogP contribution in [0.15, 0.2) is 65.2 Å². The van der Waals surface area contributed by atoms with Gasteiger partial charge in [-0.25, -0.2) is 4.57 Å². The fourth-order valence-electron chi connectivity index (χ4n) is 9.13. The number of nitriles is 1. The predicted molar refractivity (Wildman–Crippen MR) is 190 cm³/mol. The van der Waals surface area contributed by atoms with Crippen molar-refractivity contribution in [3.8, 4) is 28.5 Å². The molecule has 0 bridgehead atoms. The number of fused-ring (bicyclic) bond motifs is 4. The minimum atomic E-state index is -0.603. The zero-order valence-electron chi connectivity index (χ0n) is 30.4. The third kappa shape index (κ3) is 3.86. The Hall–Kier alpha value is -3.90. The highest BCUT2D eigenvalue weighted by Crippen LogP contribution is 2.68. The molecule has 0 radical (unpaired) electrons. The van der Waals surface area contributed by atoms with Gasteiger partial charge in [-0.15, -0.1) is 0 Å². The van der Waals surface area contributed by atoms with Gasteiger partial charge in [0.05, 0.1) is 17.2 Å². The van der Waals surface area contributed by atoms with Crippen molar-refractivity contribution in [3.63, 3.8) is 0 Å². The van der Waals surface area contributed by atoms with E-state index in [2.05, 4.69) is 129 Å². The van der Waals surface area contributed by atoms with Gasteiger partial charge in [0, 0.05) is 29.8 Å². The molecule has 1 fully saturated rings. The lowest BCUT2D eigenvalue weighted by Gasteiger charge is -2.65. The van der Waals surface area contributed by atoms with Crippen molar-refractivity contribution in [1.29, 1.82) is 5.26 Å². The molecule has 236 valence electrons. The Bertz CT molecular complexity index is 2150. The van der Waals surface area contributed by atoms with Gasteiger partial charge in [0.25, 0.3) is 0 Å². The molecule has 0 spiro atoms. The van der Waals surface area contributed by atoms with Gasteiger partial charge >= 0.3 is 0 Å². The van der Waals surface area contributed by atoms with Gasteiger partial charge in [-0.05, 0) is 93.3 Å². The Balaban J connectivity index is 1.65. The second kappa shape index (κ2) is 10.0. The van der Waals surface area contributed by atoms with Gasteiger partial charge in [0.15, 0.2) is 6.20 Å². The van der Waals surface area contributed by atoms with E-state index < -0.39 is 5.89 Å². The average molecular weight is 611 g/mol. The maximum Gasteiger partial charge on any atom is 0.216 e. The van der Waals surface area contributed by atoms with Crippen LogP contribution in [0.1, 0.15) is 116 Å². The molecule has 5 aromatic rings. The standard InChI is InChI=1S/C43H49N2O/c1-26-18-20-30-31-21-19-28(25-44)35(39(31)46-38(30)34(26)33-17-13-14-24-45(33)10)32-23-22-29(27-15-11-12-16-27)36-37(32)41(4,5)43(8,9)42(6,7)40(36,2)3/h13-14,17-24,27H,11-12,15-16H2,1-10H3/q+1/i27D. The number of benzene rings is 3. The van der Waals surface area contributed by atoms with Gasteiger partial charge in [-0.1, -0.05) is 92.5 Å². The van der Waals surface area contributed by atoms with Crippen LogP contribution in [0.3, 0.4) is 0 Å². The Morgan fingerprint density at radius 1 is 0.783 bits per heavy atom. The third-order valence-electron chi connectivity index (χ3n) is 13.4. The molecule has 0 atom stereocenters. The SMILES string of the molecule is [2H]C1(c2ccc(-c3c(C#N)ccc4c3oc3c(-c5cccc[n+]5C)c(C)ccc34)c3c2C(C)(C)C(C)(C)C(C)(C)C3(C)C)CCCC1. The molecule has 3 nitrogen and oxygen atoms in total. The second-order valence-corrected chi connectivity index (χ2v) is 16.1. The predicted octanol–water partition coefficient (Wildman–Crippen LogP) is 11.2. The van der Waals surface area contributed by atoms with E-state index in [9.17, 15) is 6.63 Å². The number of furan rings is 1.